The second-order valence-electron chi connectivity index (χ2n) is 4.23. The number of hydrogen-bond acceptors (Lipinski definition) is 2. The Morgan fingerprint density at radius 1 is 1.30 bits per heavy atom. The van der Waals surface area contributed by atoms with Crippen molar-refractivity contribution in [2.45, 2.75) is 6.92 Å². The zero-order chi connectivity index (χ0) is 14.5. The van der Waals surface area contributed by atoms with Crippen LogP contribution >= 0.6 is 11.6 Å². The number of hydrazone groups is 1. The van der Waals surface area contributed by atoms with Gasteiger partial charge >= 0.3 is 0 Å². The van der Waals surface area contributed by atoms with Gasteiger partial charge in [0.05, 0.1) is 11.2 Å². The van der Waals surface area contributed by atoms with Crippen LogP contribution in [0.3, 0.4) is 0 Å². The van der Waals surface area contributed by atoms with E-state index in [1.165, 1.54) is 24.4 Å². The van der Waals surface area contributed by atoms with E-state index in [0.717, 1.165) is 5.56 Å². The Kier molecular flexibility index (Phi) is 4.48. The predicted molar refractivity (Wildman–Crippen MR) is 77.6 cm³/mol. The molecule has 2 aromatic carbocycles. The molecule has 0 aliphatic carbocycles. The van der Waals surface area contributed by atoms with E-state index in [-0.39, 0.29) is 10.9 Å². The maximum Gasteiger partial charge on any atom is 0.271 e. The van der Waals surface area contributed by atoms with E-state index in [9.17, 15) is 9.18 Å². The van der Waals surface area contributed by atoms with Gasteiger partial charge in [0.15, 0.2) is 0 Å². The van der Waals surface area contributed by atoms with E-state index in [1.807, 2.05) is 13.0 Å². The normalized spacial score (nSPS) is 10.8. The van der Waals surface area contributed by atoms with Crippen molar-refractivity contribution in [2.75, 3.05) is 0 Å². The van der Waals surface area contributed by atoms with Crippen molar-refractivity contribution in [3.05, 3.63) is 70.0 Å². The van der Waals surface area contributed by atoms with E-state index in [1.54, 1.807) is 18.2 Å². The lowest BCUT2D eigenvalue weighted by Gasteiger charge is -2.01. The van der Waals surface area contributed by atoms with Crippen LogP contribution in [0, 0.1) is 12.7 Å². The lowest BCUT2D eigenvalue weighted by molar-refractivity contribution is 0.0955. The number of benzene rings is 2. The van der Waals surface area contributed by atoms with Gasteiger partial charge in [0.25, 0.3) is 5.91 Å². The monoisotopic (exact) mass is 290 g/mol. The van der Waals surface area contributed by atoms with E-state index >= 15 is 0 Å². The molecule has 5 heteroatoms. The van der Waals surface area contributed by atoms with E-state index in [0.29, 0.717) is 11.1 Å². The van der Waals surface area contributed by atoms with Gasteiger partial charge in [-0.05, 0) is 37.3 Å². The Morgan fingerprint density at radius 3 is 2.80 bits per heavy atom. The molecule has 1 amide bonds. The molecule has 0 aromatic heterocycles. The minimum absolute atomic E-state index is 0.235. The average molecular weight is 291 g/mol. The maximum absolute atomic E-state index is 12.9. The van der Waals surface area contributed by atoms with Gasteiger partial charge in [0.2, 0.25) is 0 Å². The summed E-state index contributed by atoms with van der Waals surface area (Å²) in [6.07, 6.45) is 1.37. The molecule has 0 atom stereocenters. The molecule has 2 aromatic rings. The van der Waals surface area contributed by atoms with Crippen molar-refractivity contribution >= 4 is 23.7 Å². The maximum atomic E-state index is 12.9. The Balaban J connectivity index is 2.04. The molecule has 2 rings (SSSR count). The Labute approximate surface area is 121 Å². The molecule has 0 saturated carbocycles. The summed E-state index contributed by atoms with van der Waals surface area (Å²) in [5, 5.41) is 4.04. The number of hydrogen-bond donors (Lipinski definition) is 1. The molecule has 0 fully saturated rings. The highest BCUT2D eigenvalue weighted by Crippen LogP contribution is 2.15. The van der Waals surface area contributed by atoms with Crippen LogP contribution in [0.2, 0.25) is 5.02 Å². The zero-order valence-corrected chi connectivity index (χ0v) is 11.5. The van der Waals surface area contributed by atoms with Gasteiger partial charge in [-0.2, -0.15) is 5.10 Å². The largest absolute Gasteiger partial charge is 0.271 e. The summed E-state index contributed by atoms with van der Waals surface area (Å²) in [7, 11) is 0. The Hall–Kier alpha value is -2.20. The summed E-state index contributed by atoms with van der Waals surface area (Å²) in [6.45, 7) is 1.90. The first-order valence-corrected chi connectivity index (χ1v) is 6.29. The van der Waals surface area contributed by atoms with Crippen LogP contribution in [0.4, 0.5) is 4.39 Å². The highest BCUT2D eigenvalue weighted by atomic mass is 35.5. The molecule has 0 saturated heterocycles. The molecule has 3 nitrogen and oxygen atoms in total. The molecule has 20 heavy (non-hydrogen) atoms. The van der Waals surface area contributed by atoms with Crippen LogP contribution in [-0.4, -0.2) is 12.1 Å². The molecule has 0 radical (unpaired) electrons. The number of nitrogens with zero attached hydrogens (tertiary/aromatic N) is 1. The molecule has 0 bridgehead atoms. The topological polar surface area (TPSA) is 41.5 Å². The molecule has 0 spiro atoms. The lowest BCUT2D eigenvalue weighted by atomic mass is 10.1. The molecule has 0 heterocycles. The summed E-state index contributed by atoms with van der Waals surface area (Å²) >= 11 is 5.84. The second-order valence-corrected chi connectivity index (χ2v) is 4.64. The third kappa shape index (κ3) is 3.65. The zero-order valence-electron chi connectivity index (χ0n) is 10.7. The van der Waals surface area contributed by atoms with Crippen LogP contribution in [0.25, 0.3) is 0 Å². The van der Waals surface area contributed by atoms with Gasteiger partial charge in [0, 0.05) is 11.1 Å². The quantitative estimate of drug-likeness (QED) is 0.681. The molecular formula is C15H12ClFN2O. The summed E-state index contributed by atoms with van der Waals surface area (Å²) < 4.78 is 12.9. The fraction of sp³-hybridized carbons (Fsp3) is 0.0667. The third-order valence-corrected chi connectivity index (χ3v) is 2.94. The molecule has 102 valence electrons. The van der Waals surface area contributed by atoms with Gasteiger partial charge in [-0.1, -0.05) is 29.3 Å². The number of amides is 1. The van der Waals surface area contributed by atoms with Gasteiger partial charge in [0.1, 0.15) is 5.82 Å². The summed E-state index contributed by atoms with van der Waals surface area (Å²) in [5.74, 6) is -0.737. The number of nitrogens with one attached hydrogen (secondary N) is 1. The summed E-state index contributed by atoms with van der Waals surface area (Å²) in [5.41, 5.74) is 4.43. The van der Waals surface area contributed by atoms with E-state index in [4.69, 9.17) is 11.6 Å². The molecule has 1 N–H and O–H groups in total. The Morgan fingerprint density at radius 2 is 2.10 bits per heavy atom. The van der Waals surface area contributed by atoms with E-state index in [2.05, 4.69) is 10.5 Å². The lowest BCUT2D eigenvalue weighted by Crippen LogP contribution is -2.17. The van der Waals surface area contributed by atoms with Gasteiger partial charge in [-0.15, -0.1) is 0 Å². The van der Waals surface area contributed by atoms with Crippen molar-refractivity contribution in [2.24, 2.45) is 5.10 Å². The van der Waals surface area contributed by atoms with Gasteiger partial charge in [-0.25, -0.2) is 9.82 Å². The molecular weight excluding hydrogens is 279 g/mol. The Bertz CT molecular complexity index is 671. The standard InChI is InChI=1S/C15H12ClFN2O/c1-10-3-2-4-11(7-10)15(20)19-18-9-12-5-6-13(17)8-14(12)16/h2-9H,1H3,(H,19,20)/b18-9+. The van der Waals surface area contributed by atoms with Crippen LogP contribution < -0.4 is 5.43 Å². The van der Waals surface area contributed by atoms with Crippen LogP contribution in [0.15, 0.2) is 47.6 Å². The summed E-state index contributed by atoms with van der Waals surface area (Å²) in [6, 6.07) is 11.1. The number of halogens is 2. The fourth-order valence-electron chi connectivity index (χ4n) is 1.62. The minimum Gasteiger partial charge on any atom is -0.267 e. The molecule has 0 aliphatic heterocycles. The fourth-order valence-corrected chi connectivity index (χ4v) is 1.83. The SMILES string of the molecule is Cc1cccc(C(=O)N/N=C/c2ccc(F)cc2Cl)c1. The van der Waals surface area contributed by atoms with Crippen LogP contribution in [0.5, 0.6) is 0 Å². The van der Waals surface area contributed by atoms with Gasteiger partial charge < -0.3 is 0 Å². The molecule has 0 aliphatic rings. The highest BCUT2D eigenvalue weighted by molar-refractivity contribution is 6.33. The smallest absolute Gasteiger partial charge is 0.267 e. The van der Waals surface area contributed by atoms with Crippen molar-refractivity contribution in [3.63, 3.8) is 0 Å². The molecule has 0 unspecified atom stereocenters. The van der Waals surface area contributed by atoms with Crippen molar-refractivity contribution in [1.82, 2.24) is 5.43 Å². The average Bonchev–Trinajstić information content (AvgIpc) is 2.41. The first-order chi connectivity index (χ1) is 9.56. The first kappa shape index (κ1) is 14.2. The number of carbonyl (C=O) groups excluding carboxylic acids is 1. The highest BCUT2D eigenvalue weighted by Gasteiger charge is 2.04. The summed E-state index contributed by atoms with van der Waals surface area (Å²) in [4.78, 5) is 11.8. The van der Waals surface area contributed by atoms with Crippen molar-refractivity contribution in [1.29, 1.82) is 0 Å². The van der Waals surface area contributed by atoms with Crippen molar-refractivity contribution in [3.8, 4) is 0 Å². The third-order valence-electron chi connectivity index (χ3n) is 2.61. The second kappa shape index (κ2) is 6.30. The predicted octanol–water partition coefficient (Wildman–Crippen LogP) is 3.55. The van der Waals surface area contributed by atoms with Crippen molar-refractivity contribution < 1.29 is 9.18 Å². The first-order valence-electron chi connectivity index (χ1n) is 5.91. The number of carbonyl (C=O) groups is 1. The number of aryl methyl sites for hydroxylation is 1. The van der Waals surface area contributed by atoms with Gasteiger partial charge in [-0.3, -0.25) is 4.79 Å². The van der Waals surface area contributed by atoms with Crippen LogP contribution in [-0.2, 0) is 0 Å². The minimum atomic E-state index is -0.420. The van der Waals surface area contributed by atoms with Crippen LogP contribution in [0.1, 0.15) is 21.5 Å². The number of rotatable bonds is 3. The van der Waals surface area contributed by atoms with E-state index < -0.39 is 5.82 Å².